The highest BCUT2D eigenvalue weighted by Gasteiger charge is 2.07. The van der Waals surface area contributed by atoms with Crippen molar-refractivity contribution in [2.45, 2.75) is 27.7 Å². The third kappa shape index (κ3) is 3.56. The molecule has 1 aromatic heterocycles. The van der Waals surface area contributed by atoms with Crippen LogP contribution in [-0.4, -0.2) is 9.55 Å². The molecule has 0 amide bonds. The fraction of sp³-hybridized carbons (Fsp3) is 0.417. The van der Waals surface area contributed by atoms with Gasteiger partial charge in [0.1, 0.15) is 0 Å². The van der Waals surface area contributed by atoms with Crippen LogP contribution in [0.15, 0.2) is 24.4 Å². The molecule has 1 heterocycles. The number of hydrogen-bond acceptors (Lipinski definition) is 1. The van der Waals surface area contributed by atoms with Crippen molar-refractivity contribution in [3.05, 3.63) is 35.9 Å². The van der Waals surface area contributed by atoms with Gasteiger partial charge in [0.25, 0.3) is 0 Å². The highest BCUT2D eigenvalue weighted by molar-refractivity contribution is 6.48. The molecule has 1 rings (SSSR count). The summed E-state index contributed by atoms with van der Waals surface area (Å²) in [6, 6.07) is 0. The van der Waals surface area contributed by atoms with Crippen LogP contribution in [0.1, 0.15) is 32.3 Å². The van der Waals surface area contributed by atoms with Crippen molar-refractivity contribution in [1.82, 2.24) is 9.55 Å². The number of aryl methyl sites for hydroxylation is 2. The normalized spacial score (nSPS) is 11.3. The van der Waals surface area contributed by atoms with Crippen molar-refractivity contribution in [2.24, 2.45) is 7.05 Å². The molecule has 0 bridgehead atoms. The molecular formula is C12H19ClN2. The van der Waals surface area contributed by atoms with Crippen LogP contribution in [0.2, 0.25) is 0 Å². The molecule has 0 aliphatic heterocycles. The number of aromatic nitrogens is 2. The number of hydrogen-bond donors (Lipinski definition) is 0. The van der Waals surface area contributed by atoms with Crippen LogP contribution >= 0.6 is 11.6 Å². The zero-order valence-corrected chi connectivity index (χ0v) is 10.9. The number of halogens is 1. The lowest BCUT2D eigenvalue weighted by Gasteiger charge is -2.01. The van der Waals surface area contributed by atoms with Gasteiger partial charge in [-0.25, -0.2) is 4.98 Å². The van der Waals surface area contributed by atoms with Gasteiger partial charge in [-0.05, 0) is 19.4 Å². The number of rotatable bonds is 2. The lowest BCUT2D eigenvalue weighted by atomic mass is 10.3. The van der Waals surface area contributed by atoms with Crippen LogP contribution < -0.4 is 0 Å². The van der Waals surface area contributed by atoms with Crippen LogP contribution in [-0.2, 0) is 7.05 Å². The van der Waals surface area contributed by atoms with Gasteiger partial charge in [-0.1, -0.05) is 38.1 Å². The Bertz CT molecular complexity index is 362. The SMILES string of the molecule is C=C/C(C)=C(/Cl)c1nc(C)cn1C.CC. The first kappa shape index (κ1) is 14.0. The summed E-state index contributed by atoms with van der Waals surface area (Å²) in [5, 5.41) is 0.658. The Morgan fingerprint density at radius 2 is 2.07 bits per heavy atom. The molecular weight excluding hydrogens is 208 g/mol. The van der Waals surface area contributed by atoms with Crippen molar-refractivity contribution in [3.8, 4) is 0 Å². The van der Waals surface area contributed by atoms with E-state index in [1.807, 2.05) is 45.5 Å². The van der Waals surface area contributed by atoms with Crippen LogP contribution in [0.3, 0.4) is 0 Å². The standard InChI is InChI=1S/C10H13ClN2.C2H6/c1-5-7(2)9(11)10-12-8(3)6-13(10)4;1-2/h5-6H,1H2,2-4H3;1-2H3/b9-7+;. The van der Waals surface area contributed by atoms with Crippen molar-refractivity contribution in [3.63, 3.8) is 0 Å². The summed E-state index contributed by atoms with van der Waals surface area (Å²) in [4.78, 5) is 4.30. The van der Waals surface area contributed by atoms with Crippen LogP contribution in [0.5, 0.6) is 0 Å². The van der Waals surface area contributed by atoms with Gasteiger partial charge in [0.15, 0.2) is 5.82 Å². The maximum Gasteiger partial charge on any atom is 0.151 e. The van der Waals surface area contributed by atoms with E-state index in [1.165, 1.54) is 0 Å². The molecule has 15 heavy (non-hydrogen) atoms. The average Bonchev–Trinajstić information content (AvgIpc) is 2.58. The molecule has 0 aliphatic carbocycles. The molecule has 0 N–H and O–H groups in total. The molecule has 2 nitrogen and oxygen atoms in total. The van der Waals surface area contributed by atoms with E-state index >= 15 is 0 Å². The second-order valence-electron chi connectivity index (χ2n) is 3.02. The summed E-state index contributed by atoms with van der Waals surface area (Å²) < 4.78 is 1.91. The van der Waals surface area contributed by atoms with Gasteiger partial charge in [-0.3, -0.25) is 0 Å². The third-order valence-electron chi connectivity index (χ3n) is 1.85. The van der Waals surface area contributed by atoms with Crippen molar-refractivity contribution < 1.29 is 0 Å². The molecule has 1 aromatic rings. The monoisotopic (exact) mass is 226 g/mol. The first-order valence-corrected chi connectivity index (χ1v) is 5.43. The molecule has 3 heteroatoms. The largest absolute Gasteiger partial charge is 0.333 e. The molecule has 0 radical (unpaired) electrons. The molecule has 0 spiro atoms. The lowest BCUT2D eigenvalue weighted by molar-refractivity contribution is 0.894. The zero-order chi connectivity index (χ0) is 12.0. The van der Waals surface area contributed by atoms with Gasteiger partial charge >= 0.3 is 0 Å². The second-order valence-corrected chi connectivity index (χ2v) is 3.40. The summed E-state index contributed by atoms with van der Waals surface area (Å²) in [5.41, 5.74) is 1.91. The topological polar surface area (TPSA) is 17.8 Å². The van der Waals surface area contributed by atoms with Crippen molar-refractivity contribution in [2.75, 3.05) is 0 Å². The predicted molar refractivity (Wildman–Crippen MR) is 67.9 cm³/mol. The van der Waals surface area contributed by atoms with Gasteiger partial charge in [0.05, 0.1) is 10.7 Å². The summed E-state index contributed by atoms with van der Waals surface area (Å²) >= 11 is 6.10. The molecule has 0 aromatic carbocycles. The fourth-order valence-electron chi connectivity index (χ4n) is 1.09. The zero-order valence-electron chi connectivity index (χ0n) is 10.1. The Morgan fingerprint density at radius 3 is 2.40 bits per heavy atom. The van der Waals surface area contributed by atoms with E-state index in [2.05, 4.69) is 11.6 Å². The van der Waals surface area contributed by atoms with Gasteiger partial charge in [0.2, 0.25) is 0 Å². The average molecular weight is 227 g/mol. The maximum atomic E-state index is 6.10. The molecule has 0 fully saturated rings. The van der Waals surface area contributed by atoms with E-state index in [4.69, 9.17) is 11.6 Å². The summed E-state index contributed by atoms with van der Waals surface area (Å²) in [7, 11) is 1.92. The van der Waals surface area contributed by atoms with E-state index in [0.29, 0.717) is 5.03 Å². The maximum absolute atomic E-state index is 6.10. The molecule has 0 unspecified atom stereocenters. The Labute approximate surface area is 97.3 Å². The smallest absolute Gasteiger partial charge is 0.151 e. The minimum Gasteiger partial charge on any atom is -0.333 e. The Hall–Kier alpha value is -1.02. The first-order chi connectivity index (χ1) is 7.06. The van der Waals surface area contributed by atoms with Gasteiger partial charge < -0.3 is 4.57 Å². The number of nitrogens with zero attached hydrogens (tertiary/aromatic N) is 2. The van der Waals surface area contributed by atoms with E-state index in [0.717, 1.165) is 17.1 Å². The van der Waals surface area contributed by atoms with Crippen LogP contribution in [0.4, 0.5) is 0 Å². The second kappa shape index (κ2) is 6.46. The Kier molecular flexibility index (Phi) is 6.02. The lowest BCUT2D eigenvalue weighted by Crippen LogP contribution is -1.93. The van der Waals surface area contributed by atoms with E-state index in [1.54, 1.807) is 6.08 Å². The van der Waals surface area contributed by atoms with Gasteiger partial charge in [0, 0.05) is 13.2 Å². The first-order valence-electron chi connectivity index (χ1n) is 5.05. The van der Waals surface area contributed by atoms with Gasteiger partial charge in [-0.2, -0.15) is 0 Å². The van der Waals surface area contributed by atoms with Crippen molar-refractivity contribution in [1.29, 1.82) is 0 Å². The summed E-state index contributed by atoms with van der Waals surface area (Å²) in [5.74, 6) is 0.788. The highest BCUT2D eigenvalue weighted by Crippen LogP contribution is 2.22. The van der Waals surface area contributed by atoms with Crippen LogP contribution in [0.25, 0.3) is 5.03 Å². The number of allylic oxidation sites excluding steroid dienone is 2. The third-order valence-corrected chi connectivity index (χ3v) is 2.31. The summed E-state index contributed by atoms with van der Waals surface area (Å²) in [6.45, 7) is 11.5. The summed E-state index contributed by atoms with van der Waals surface area (Å²) in [6.07, 6.45) is 3.67. The Morgan fingerprint density at radius 1 is 1.53 bits per heavy atom. The number of imidazole rings is 1. The van der Waals surface area contributed by atoms with E-state index in [-0.39, 0.29) is 0 Å². The predicted octanol–water partition coefficient (Wildman–Crippen LogP) is 3.91. The fourth-order valence-corrected chi connectivity index (χ4v) is 1.34. The van der Waals surface area contributed by atoms with Gasteiger partial charge in [-0.15, -0.1) is 0 Å². The molecule has 84 valence electrons. The Balaban J connectivity index is 0.000000921. The molecule has 0 atom stereocenters. The van der Waals surface area contributed by atoms with E-state index < -0.39 is 0 Å². The van der Waals surface area contributed by atoms with Crippen molar-refractivity contribution >= 4 is 16.6 Å². The molecule has 0 aliphatic rings. The molecule has 0 saturated carbocycles. The van der Waals surface area contributed by atoms with Crippen LogP contribution in [0, 0.1) is 6.92 Å². The minimum absolute atomic E-state index is 0.658. The molecule has 0 saturated heterocycles. The minimum atomic E-state index is 0.658. The quantitative estimate of drug-likeness (QED) is 0.700. The van der Waals surface area contributed by atoms with E-state index in [9.17, 15) is 0 Å². The highest BCUT2D eigenvalue weighted by atomic mass is 35.5.